The minimum Gasteiger partial charge on any atom is -0.481 e. The lowest BCUT2D eigenvalue weighted by Gasteiger charge is -2.31. The van der Waals surface area contributed by atoms with Gasteiger partial charge < -0.3 is 10.4 Å². The average molecular weight is 420 g/mol. The third kappa shape index (κ3) is 2.62. The smallest absolute Gasteiger partial charge is 0.303 e. The number of benzene rings is 1. The van der Waals surface area contributed by atoms with E-state index in [0.29, 0.717) is 22.7 Å². The zero-order valence-electron chi connectivity index (χ0n) is 16.1. The van der Waals surface area contributed by atoms with Gasteiger partial charge in [0.2, 0.25) is 17.7 Å². The van der Waals surface area contributed by atoms with Crippen molar-refractivity contribution in [3.8, 4) is 0 Å². The molecule has 0 aromatic heterocycles. The number of hydrogen-bond donors (Lipinski definition) is 3. The van der Waals surface area contributed by atoms with Crippen LogP contribution in [0.3, 0.4) is 0 Å². The van der Waals surface area contributed by atoms with Gasteiger partial charge in [0.05, 0.1) is 22.5 Å². The number of hydrogen-bond acceptors (Lipinski definition) is 5. The molecule has 29 heavy (non-hydrogen) atoms. The fourth-order valence-electron chi connectivity index (χ4n) is 4.96. The highest BCUT2D eigenvalue weighted by Gasteiger charge is 2.70. The molecule has 3 aliphatic rings. The molecule has 154 valence electrons. The molecule has 3 amide bonds. The standard InChI is InChI=1S/C20H22ClN3O5/c1-3-9(2)24-17(27)14-12(7-8-13(25)26)23-20(15(14)18(24)28)10-5-4-6-11(21)16(10)22-19(20)29/h4-6,9,12,14-15,23H,3,7-8H2,1-2H3,(H,22,29)(H,25,26)/t9-,12+,14+,15-,20-/m0/s1. The topological polar surface area (TPSA) is 116 Å². The van der Waals surface area contributed by atoms with E-state index in [9.17, 15) is 19.2 Å². The van der Waals surface area contributed by atoms with Gasteiger partial charge in [0.15, 0.2) is 0 Å². The Morgan fingerprint density at radius 2 is 2.03 bits per heavy atom. The van der Waals surface area contributed by atoms with Crippen molar-refractivity contribution in [3.05, 3.63) is 28.8 Å². The summed E-state index contributed by atoms with van der Waals surface area (Å²) in [5.41, 5.74) is -0.496. The van der Waals surface area contributed by atoms with Crippen LogP contribution in [0.5, 0.6) is 0 Å². The Morgan fingerprint density at radius 1 is 1.31 bits per heavy atom. The molecular weight excluding hydrogens is 398 g/mol. The van der Waals surface area contributed by atoms with E-state index in [2.05, 4.69) is 10.6 Å². The Bertz CT molecular complexity index is 935. The number of nitrogens with zero attached hydrogens (tertiary/aromatic N) is 1. The van der Waals surface area contributed by atoms with Gasteiger partial charge >= 0.3 is 5.97 Å². The van der Waals surface area contributed by atoms with Crippen LogP contribution in [-0.2, 0) is 24.7 Å². The van der Waals surface area contributed by atoms with Crippen molar-refractivity contribution in [3.63, 3.8) is 0 Å². The number of anilines is 1. The number of aliphatic carboxylic acids is 1. The van der Waals surface area contributed by atoms with E-state index in [0.717, 1.165) is 0 Å². The minimum absolute atomic E-state index is 0.134. The highest BCUT2D eigenvalue weighted by Crippen LogP contribution is 2.54. The zero-order valence-corrected chi connectivity index (χ0v) is 16.8. The average Bonchev–Trinajstić information content (AvgIpc) is 3.26. The second-order valence-corrected chi connectivity index (χ2v) is 8.32. The Balaban J connectivity index is 1.86. The first-order valence-electron chi connectivity index (χ1n) is 9.70. The van der Waals surface area contributed by atoms with Crippen LogP contribution in [0.4, 0.5) is 5.69 Å². The molecule has 1 aromatic rings. The number of para-hydroxylation sites is 1. The van der Waals surface area contributed by atoms with Gasteiger partial charge in [-0.1, -0.05) is 30.7 Å². The Labute approximate surface area is 172 Å². The number of carboxylic acids is 1. The summed E-state index contributed by atoms with van der Waals surface area (Å²) in [5, 5.41) is 15.4. The minimum atomic E-state index is -1.44. The maximum absolute atomic E-state index is 13.4. The number of imide groups is 1. The number of nitrogens with one attached hydrogen (secondary N) is 2. The molecular formula is C20H22ClN3O5. The van der Waals surface area contributed by atoms with Gasteiger partial charge in [-0.25, -0.2) is 0 Å². The molecule has 0 saturated carbocycles. The first-order valence-corrected chi connectivity index (χ1v) is 10.1. The summed E-state index contributed by atoms with van der Waals surface area (Å²) in [7, 11) is 0. The number of fused-ring (bicyclic) bond motifs is 4. The van der Waals surface area contributed by atoms with Crippen LogP contribution in [0, 0.1) is 11.8 Å². The first-order chi connectivity index (χ1) is 13.7. The van der Waals surface area contributed by atoms with E-state index in [1.165, 1.54) is 4.90 Å². The third-order valence-electron chi connectivity index (χ3n) is 6.43. The van der Waals surface area contributed by atoms with Gasteiger partial charge in [-0.05, 0) is 25.8 Å². The van der Waals surface area contributed by atoms with Crippen molar-refractivity contribution in [2.24, 2.45) is 11.8 Å². The van der Waals surface area contributed by atoms with Crippen LogP contribution >= 0.6 is 11.6 Å². The lowest BCUT2D eigenvalue weighted by atomic mass is 9.76. The summed E-state index contributed by atoms with van der Waals surface area (Å²) < 4.78 is 0. The summed E-state index contributed by atoms with van der Waals surface area (Å²) in [6.07, 6.45) is 0.548. The molecule has 0 unspecified atom stereocenters. The van der Waals surface area contributed by atoms with E-state index in [1.54, 1.807) is 25.1 Å². The Hall–Kier alpha value is -2.45. The largest absolute Gasteiger partial charge is 0.481 e. The van der Waals surface area contributed by atoms with Crippen LogP contribution in [0.25, 0.3) is 0 Å². The van der Waals surface area contributed by atoms with Crippen LogP contribution in [0.1, 0.15) is 38.7 Å². The number of carbonyl (C=O) groups is 4. The van der Waals surface area contributed by atoms with Crippen molar-refractivity contribution in [2.45, 2.75) is 50.7 Å². The molecule has 9 heteroatoms. The molecule has 0 aliphatic carbocycles. The lowest BCUT2D eigenvalue weighted by Crippen LogP contribution is -2.54. The fraction of sp³-hybridized carbons (Fsp3) is 0.500. The molecule has 2 fully saturated rings. The van der Waals surface area contributed by atoms with Crippen LogP contribution < -0.4 is 10.6 Å². The highest BCUT2D eigenvalue weighted by atomic mass is 35.5. The summed E-state index contributed by atoms with van der Waals surface area (Å²) in [5.74, 6) is -3.94. The van der Waals surface area contributed by atoms with E-state index in [1.807, 2.05) is 6.92 Å². The molecule has 3 aliphatic heterocycles. The van der Waals surface area contributed by atoms with E-state index >= 15 is 0 Å². The molecule has 4 rings (SSSR count). The molecule has 5 atom stereocenters. The molecule has 8 nitrogen and oxygen atoms in total. The van der Waals surface area contributed by atoms with Crippen molar-refractivity contribution in [2.75, 3.05) is 5.32 Å². The van der Waals surface area contributed by atoms with Gasteiger partial charge in [-0.2, -0.15) is 0 Å². The monoisotopic (exact) mass is 419 g/mol. The molecule has 1 spiro atoms. The van der Waals surface area contributed by atoms with Gasteiger partial charge in [0, 0.05) is 24.1 Å². The molecule has 0 bridgehead atoms. The maximum Gasteiger partial charge on any atom is 0.303 e. The molecule has 2 saturated heterocycles. The normalized spacial score (nSPS) is 31.2. The first kappa shape index (κ1) is 19.8. The van der Waals surface area contributed by atoms with Gasteiger partial charge in [0.1, 0.15) is 5.54 Å². The summed E-state index contributed by atoms with van der Waals surface area (Å²) in [4.78, 5) is 52.3. The predicted molar refractivity (Wildman–Crippen MR) is 104 cm³/mol. The van der Waals surface area contributed by atoms with Crippen LogP contribution in [0.15, 0.2) is 18.2 Å². The maximum atomic E-state index is 13.4. The van der Waals surface area contributed by atoms with Crippen molar-refractivity contribution in [1.82, 2.24) is 10.2 Å². The lowest BCUT2D eigenvalue weighted by molar-refractivity contribution is -0.145. The molecule has 0 radical (unpaired) electrons. The highest BCUT2D eigenvalue weighted by molar-refractivity contribution is 6.35. The predicted octanol–water partition coefficient (Wildman–Crippen LogP) is 1.72. The number of amides is 3. The second kappa shape index (κ2) is 6.81. The fourth-order valence-corrected chi connectivity index (χ4v) is 5.18. The summed E-state index contributed by atoms with van der Waals surface area (Å²) in [6.45, 7) is 3.68. The van der Waals surface area contributed by atoms with E-state index in [-0.39, 0.29) is 24.8 Å². The van der Waals surface area contributed by atoms with Crippen molar-refractivity contribution < 1.29 is 24.3 Å². The summed E-state index contributed by atoms with van der Waals surface area (Å²) in [6, 6.07) is 4.13. The number of carbonyl (C=O) groups excluding carboxylic acids is 3. The second-order valence-electron chi connectivity index (χ2n) is 7.91. The van der Waals surface area contributed by atoms with Crippen molar-refractivity contribution >= 4 is 41.0 Å². The number of carboxylic acid groups (broad SMARTS) is 1. The molecule has 3 heterocycles. The van der Waals surface area contributed by atoms with E-state index < -0.39 is 41.2 Å². The number of rotatable bonds is 5. The van der Waals surface area contributed by atoms with Gasteiger partial charge in [-0.3, -0.25) is 29.4 Å². The van der Waals surface area contributed by atoms with Crippen LogP contribution in [-0.4, -0.2) is 45.8 Å². The Kier molecular flexibility index (Phi) is 4.66. The SMILES string of the molecule is CC[C@H](C)N1C(=O)[C@H]2[C@@H](C1=O)[C@]1(N[C@@H]2CCC(=O)O)C(=O)Nc2c(Cl)cccc21. The number of likely N-dealkylation sites (tertiary alicyclic amines) is 1. The molecule has 1 aromatic carbocycles. The Morgan fingerprint density at radius 3 is 2.69 bits per heavy atom. The van der Waals surface area contributed by atoms with Crippen molar-refractivity contribution in [1.29, 1.82) is 0 Å². The molecule has 3 N–H and O–H groups in total. The quantitative estimate of drug-likeness (QED) is 0.626. The van der Waals surface area contributed by atoms with Crippen LogP contribution in [0.2, 0.25) is 5.02 Å². The van der Waals surface area contributed by atoms with E-state index in [4.69, 9.17) is 16.7 Å². The van der Waals surface area contributed by atoms with Gasteiger partial charge in [0.25, 0.3) is 0 Å². The van der Waals surface area contributed by atoms with Gasteiger partial charge in [-0.15, -0.1) is 0 Å². The third-order valence-corrected chi connectivity index (χ3v) is 6.75. The number of halogens is 1. The summed E-state index contributed by atoms with van der Waals surface area (Å²) >= 11 is 6.26. The zero-order chi connectivity index (χ0) is 21.1.